The van der Waals surface area contributed by atoms with E-state index in [0.29, 0.717) is 11.0 Å². The number of ether oxygens (including phenoxy) is 1. The number of methoxy groups -OCH3 is 1. The molecule has 0 aromatic heterocycles. The second-order valence-electron chi connectivity index (χ2n) is 3.58. The Morgan fingerprint density at radius 3 is 2.65 bits per heavy atom. The van der Waals surface area contributed by atoms with Crippen molar-refractivity contribution in [2.24, 2.45) is 5.73 Å². The van der Waals surface area contributed by atoms with Crippen LogP contribution in [0.3, 0.4) is 0 Å². The van der Waals surface area contributed by atoms with Crippen molar-refractivity contribution in [1.29, 1.82) is 0 Å². The zero-order chi connectivity index (χ0) is 12.7. The van der Waals surface area contributed by atoms with Gasteiger partial charge in [0.25, 0.3) is 0 Å². The summed E-state index contributed by atoms with van der Waals surface area (Å²) in [5.74, 6) is 1.69. The molecule has 0 spiro atoms. The first-order chi connectivity index (χ1) is 8.15. The minimum Gasteiger partial charge on any atom is -0.508 e. The van der Waals surface area contributed by atoms with E-state index in [-0.39, 0.29) is 0 Å². The standard InChI is InChI=1S/C10H12OS.C2H5NO2/c11-9-5-2-1-4-8(9)10-6-3-7-12-10;1-5-2(3)4/h1-2,4-5,10-11H,3,6-7H2;1H3,(H2,3,4). The van der Waals surface area contributed by atoms with Gasteiger partial charge in [-0.15, -0.1) is 0 Å². The molecule has 1 heterocycles. The predicted octanol–water partition coefficient (Wildman–Crippen LogP) is 2.67. The van der Waals surface area contributed by atoms with Gasteiger partial charge in [0.2, 0.25) is 0 Å². The third-order valence-electron chi connectivity index (χ3n) is 2.41. The maximum Gasteiger partial charge on any atom is 0.404 e. The third-order valence-corrected chi connectivity index (χ3v) is 3.83. The van der Waals surface area contributed by atoms with Crippen molar-refractivity contribution in [3.63, 3.8) is 0 Å². The van der Waals surface area contributed by atoms with Crippen LogP contribution in [0.1, 0.15) is 23.7 Å². The van der Waals surface area contributed by atoms with Crippen LogP contribution in [-0.4, -0.2) is 24.1 Å². The molecule has 1 fully saturated rings. The highest BCUT2D eigenvalue weighted by Crippen LogP contribution is 2.42. The van der Waals surface area contributed by atoms with Gasteiger partial charge >= 0.3 is 6.09 Å². The van der Waals surface area contributed by atoms with Crippen molar-refractivity contribution in [3.05, 3.63) is 29.8 Å². The lowest BCUT2D eigenvalue weighted by atomic mass is 10.1. The summed E-state index contributed by atoms with van der Waals surface area (Å²) in [6, 6.07) is 7.67. The molecule has 1 amide bonds. The Morgan fingerprint density at radius 1 is 1.53 bits per heavy atom. The Morgan fingerprint density at radius 2 is 2.18 bits per heavy atom. The van der Waals surface area contributed by atoms with E-state index in [1.165, 1.54) is 25.7 Å². The summed E-state index contributed by atoms with van der Waals surface area (Å²) < 4.78 is 3.89. The van der Waals surface area contributed by atoms with Gasteiger partial charge in [0.15, 0.2) is 0 Å². The summed E-state index contributed by atoms with van der Waals surface area (Å²) in [7, 11) is 1.22. The van der Waals surface area contributed by atoms with Crippen LogP contribution < -0.4 is 5.73 Å². The Balaban J connectivity index is 0.000000249. The Labute approximate surface area is 105 Å². The summed E-state index contributed by atoms with van der Waals surface area (Å²) in [6.45, 7) is 0. The summed E-state index contributed by atoms with van der Waals surface area (Å²) in [5.41, 5.74) is 5.54. The molecule has 1 aliphatic heterocycles. The van der Waals surface area contributed by atoms with Crippen molar-refractivity contribution in [2.45, 2.75) is 18.1 Å². The van der Waals surface area contributed by atoms with Crippen LogP contribution in [0, 0.1) is 0 Å². The van der Waals surface area contributed by atoms with Crippen molar-refractivity contribution < 1.29 is 14.6 Å². The lowest BCUT2D eigenvalue weighted by molar-refractivity contribution is 0.182. The average Bonchev–Trinajstić information content (AvgIpc) is 2.84. The Bertz CT molecular complexity index is 365. The van der Waals surface area contributed by atoms with Gasteiger partial charge in [0.05, 0.1) is 7.11 Å². The molecule has 3 N–H and O–H groups in total. The lowest BCUT2D eigenvalue weighted by Crippen LogP contribution is -2.08. The van der Waals surface area contributed by atoms with Gasteiger partial charge in [0.1, 0.15) is 5.75 Å². The zero-order valence-electron chi connectivity index (χ0n) is 9.76. The molecule has 1 saturated heterocycles. The molecule has 94 valence electrons. The molecule has 0 radical (unpaired) electrons. The average molecular weight is 255 g/mol. The molecule has 4 nitrogen and oxygen atoms in total. The van der Waals surface area contributed by atoms with Crippen molar-refractivity contribution >= 4 is 17.9 Å². The topological polar surface area (TPSA) is 72.5 Å². The highest BCUT2D eigenvalue weighted by atomic mass is 32.2. The number of nitrogens with two attached hydrogens (primary N) is 1. The Hall–Kier alpha value is -1.36. The van der Waals surface area contributed by atoms with Crippen molar-refractivity contribution in [2.75, 3.05) is 12.9 Å². The second kappa shape index (κ2) is 7.06. The summed E-state index contributed by atoms with van der Waals surface area (Å²) in [5, 5.41) is 10.1. The number of hydrogen-bond acceptors (Lipinski definition) is 4. The van der Waals surface area contributed by atoms with Gasteiger partial charge in [-0.05, 0) is 24.7 Å². The molecule has 0 aliphatic carbocycles. The first-order valence-corrected chi connectivity index (χ1v) is 6.43. The number of para-hydroxylation sites is 1. The van der Waals surface area contributed by atoms with E-state index < -0.39 is 6.09 Å². The molecule has 1 aromatic carbocycles. The number of hydrogen-bond donors (Lipinski definition) is 2. The maximum atomic E-state index is 9.56. The predicted molar refractivity (Wildman–Crippen MR) is 69.1 cm³/mol. The molecule has 17 heavy (non-hydrogen) atoms. The van der Waals surface area contributed by atoms with Crippen LogP contribution >= 0.6 is 11.8 Å². The number of phenols is 1. The number of thioether (sulfide) groups is 1. The minimum atomic E-state index is -0.745. The van der Waals surface area contributed by atoms with E-state index >= 15 is 0 Å². The quantitative estimate of drug-likeness (QED) is 0.809. The highest BCUT2D eigenvalue weighted by Gasteiger charge is 2.19. The summed E-state index contributed by atoms with van der Waals surface area (Å²) in [6.07, 6.45) is 1.75. The van der Waals surface area contributed by atoms with Crippen molar-refractivity contribution in [1.82, 2.24) is 0 Å². The van der Waals surface area contributed by atoms with Crippen LogP contribution in [0.5, 0.6) is 5.75 Å². The monoisotopic (exact) mass is 255 g/mol. The van der Waals surface area contributed by atoms with E-state index in [0.717, 1.165) is 5.56 Å². The van der Waals surface area contributed by atoms with Crippen LogP contribution in [0.25, 0.3) is 0 Å². The molecular weight excluding hydrogens is 238 g/mol. The molecule has 2 rings (SSSR count). The molecule has 5 heteroatoms. The van der Waals surface area contributed by atoms with Gasteiger partial charge in [-0.25, -0.2) is 4.79 Å². The second-order valence-corrected chi connectivity index (χ2v) is 4.89. The first kappa shape index (κ1) is 13.7. The smallest absolute Gasteiger partial charge is 0.404 e. The fourth-order valence-corrected chi connectivity index (χ4v) is 2.91. The van der Waals surface area contributed by atoms with E-state index in [2.05, 4.69) is 10.5 Å². The Kier molecular flexibility index (Phi) is 5.69. The van der Waals surface area contributed by atoms with Crippen LogP contribution in [0.2, 0.25) is 0 Å². The number of benzene rings is 1. The molecule has 1 aliphatic rings. The summed E-state index contributed by atoms with van der Waals surface area (Å²) >= 11 is 1.95. The fraction of sp³-hybridized carbons (Fsp3) is 0.417. The molecule has 0 saturated carbocycles. The van der Waals surface area contributed by atoms with Crippen molar-refractivity contribution in [3.8, 4) is 5.75 Å². The number of primary amides is 1. The summed E-state index contributed by atoms with van der Waals surface area (Å²) in [4.78, 5) is 9.37. The van der Waals surface area contributed by atoms with Gasteiger partial charge in [0, 0.05) is 10.8 Å². The largest absolute Gasteiger partial charge is 0.508 e. The van der Waals surface area contributed by atoms with Gasteiger partial charge in [-0.2, -0.15) is 11.8 Å². The minimum absolute atomic E-state index is 0.455. The number of rotatable bonds is 1. The first-order valence-electron chi connectivity index (χ1n) is 5.38. The van der Waals surface area contributed by atoms with Crippen LogP contribution in [0.4, 0.5) is 4.79 Å². The van der Waals surface area contributed by atoms with Gasteiger partial charge in [-0.3, -0.25) is 0 Å². The zero-order valence-corrected chi connectivity index (χ0v) is 10.6. The third kappa shape index (κ3) is 4.56. The normalized spacial score (nSPS) is 18.1. The fourth-order valence-electron chi connectivity index (χ4n) is 1.58. The molecule has 1 atom stereocenters. The number of aromatic hydroxyl groups is 1. The van der Waals surface area contributed by atoms with E-state index in [4.69, 9.17) is 0 Å². The van der Waals surface area contributed by atoms with Gasteiger partial charge in [-0.1, -0.05) is 18.2 Å². The lowest BCUT2D eigenvalue weighted by Gasteiger charge is -2.09. The molecule has 1 unspecified atom stereocenters. The molecule has 0 bridgehead atoms. The highest BCUT2D eigenvalue weighted by molar-refractivity contribution is 7.99. The van der Waals surface area contributed by atoms with E-state index in [1.54, 1.807) is 6.07 Å². The van der Waals surface area contributed by atoms with Crippen LogP contribution in [-0.2, 0) is 4.74 Å². The number of carbonyl (C=O) groups is 1. The van der Waals surface area contributed by atoms with E-state index in [9.17, 15) is 9.90 Å². The number of amides is 1. The molecule has 1 aromatic rings. The van der Waals surface area contributed by atoms with Gasteiger partial charge < -0.3 is 15.6 Å². The SMILES string of the molecule is COC(N)=O.Oc1ccccc1C1CCCS1. The van der Waals surface area contributed by atoms with E-state index in [1.807, 2.05) is 30.0 Å². The number of carbonyl (C=O) groups excluding carboxylic acids is 1. The number of phenolic OH excluding ortho intramolecular Hbond substituents is 1. The molecular formula is C12H17NO3S. The maximum absolute atomic E-state index is 9.56. The van der Waals surface area contributed by atoms with Crippen LogP contribution in [0.15, 0.2) is 24.3 Å².